The molecule has 0 spiro atoms. The summed E-state index contributed by atoms with van der Waals surface area (Å²) in [5.41, 5.74) is 6.38. The highest BCUT2D eigenvalue weighted by molar-refractivity contribution is 6.33. The Bertz CT molecular complexity index is 481. The molecule has 0 aromatic heterocycles. The molecule has 0 bridgehead atoms. The number of rotatable bonds is 3. The van der Waals surface area contributed by atoms with Crippen LogP contribution >= 0.6 is 11.6 Å². The van der Waals surface area contributed by atoms with E-state index in [1.165, 1.54) is 6.07 Å². The average Bonchev–Trinajstić information content (AvgIpc) is 2.38. The van der Waals surface area contributed by atoms with Crippen LogP contribution in [0.4, 0.5) is 11.4 Å². The van der Waals surface area contributed by atoms with Gasteiger partial charge < -0.3 is 10.6 Å². The van der Waals surface area contributed by atoms with E-state index in [4.69, 9.17) is 17.3 Å². The third-order valence-corrected chi connectivity index (χ3v) is 4.02. The topological polar surface area (TPSA) is 72.4 Å². The Morgan fingerprint density at radius 3 is 2.89 bits per heavy atom. The first-order valence-electron chi connectivity index (χ1n) is 6.47. The maximum Gasteiger partial charge on any atom is 0.294 e. The number of para-hydroxylation sites is 1. The summed E-state index contributed by atoms with van der Waals surface area (Å²) in [6, 6.07) is 5.12. The highest BCUT2D eigenvalue weighted by atomic mass is 35.5. The van der Waals surface area contributed by atoms with E-state index in [1.807, 2.05) is 4.90 Å². The van der Waals surface area contributed by atoms with Crippen molar-refractivity contribution in [1.29, 1.82) is 0 Å². The Balaban J connectivity index is 2.51. The van der Waals surface area contributed by atoms with Gasteiger partial charge in [-0.15, -0.1) is 0 Å². The van der Waals surface area contributed by atoms with Gasteiger partial charge in [0.15, 0.2) is 0 Å². The quantitative estimate of drug-likeness (QED) is 0.684. The summed E-state index contributed by atoms with van der Waals surface area (Å²) in [6.45, 7) is 2.54. The van der Waals surface area contributed by atoms with Gasteiger partial charge >= 0.3 is 0 Å². The summed E-state index contributed by atoms with van der Waals surface area (Å²) in [4.78, 5) is 12.9. The van der Waals surface area contributed by atoms with Gasteiger partial charge in [0.2, 0.25) is 0 Å². The summed E-state index contributed by atoms with van der Waals surface area (Å²) in [5.74, 6) is 0. The maximum absolute atomic E-state index is 11.2. The molecule has 1 aromatic rings. The van der Waals surface area contributed by atoms with Crippen LogP contribution in [0.3, 0.4) is 0 Å². The zero-order valence-electron chi connectivity index (χ0n) is 10.9. The van der Waals surface area contributed by atoms with Crippen LogP contribution in [-0.4, -0.2) is 23.6 Å². The number of hydrogen-bond donors (Lipinski definition) is 1. The Labute approximate surface area is 117 Å². The Kier molecular flexibility index (Phi) is 4.27. The van der Waals surface area contributed by atoms with E-state index in [1.54, 1.807) is 12.1 Å². The lowest BCUT2D eigenvalue weighted by atomic mass is 9.95. The summed E-state index contributed by atoms with van der Waals surface area (Å²) in [6.07, 6.45) is 3.04. The van der Waals surface area contributed by atoms with Crippen LogP contribution in [-0.2, 0) is 0 Å². The van der Waals surface area contributed by atoms with Crippen LogP contribution in [0, 0.1) is 10.1 Å². The minimum Gasteiger partial charge on any atom is -0.358 e. The van der Waals surface area contributed by atoms with Gasteiger partial charge in [0.1, 0.15) is 5.69 Å². The Hall–Kier alpha value is -1.33. The van der Waals surface area contributed by atoms with Gasteiger partial charge in [0, 0.05) is 24.7 Å². The molecule has 0 radical (unpaired) electrons. The molecule has 1 heterocycles. The molecule has 2 unspecified atom stereocenters. The van der Waals surface area contributed by atoms with E-state index in [-0.39, 0.29) is 22.7 Å². The van der Waals surface area contributed by atoms with Crippen molar-refractivity contribution in [3.63, 3.8) is 0 Å². The third kappa shape index (κ3) is 2.67. The van der Waals surface area contributed by atoms with E-state index in [2.05, 4.69) is 6.92 Å². The second-order valence-electron chi connectivity index (χ2n) is 4.94. The lowest BCUT2D eigenvalue weighted by molar-refractivity contribution is -0.384. The number of anilines is 1. The molecule has 104 valence electrons. The molecule has 0 saturated carbocycles. The minimum atomic E-state index is -0.379. The fourth-order valence-electron chi connectivity index (χ4n) is 2.83. The summed E-state index contributed by atoms with van der Waals surface area (Å²) < 4.78 is 0. The smallest absolute Gasteiger partial charge is 0.294 e. The van der Waals surface area contributed by atoms with Crippen molar-refractivity contribution in [1.82, 2.24) is 0 Å². The van der Waals surface area contributed by atoms with E-state index < -0.39 is 0 Å². The predicted molar refractivity (Wildman–Crippen MR) is 76.7 cm³/mol. The second kappa shape index (κ2) is 5.75. The Morgan fingerprint density at radius 1 is 1.53 bits per heavy atom. The van der Waals surface area contributed by atoms with Gasteiger partial charge in [-0.25, -0.2) is 0 Å². The number of hydrogen-bond acceptors (Lipinski definition) is 4. The van der Waals surface area contributed by atoms with E-state index in [0.29, 0.717) is 17.3 Å². The monoisotopic (exact) mass is 283 g/mol. The van der Waals surface area contributed by atoms with Gasteiger partial charge in [-0.05, 0) is 32.3 Å². The standard InChI is InChI=1S/C13H18ClN3O2/c1-9-4-2-5-10(8-15)16(9)13-11(14)6-3-7-12(13)17(18)19/h3,6-7,9-10H,2,4-5,8,15H2,1H3. The summed E-state index contributed by atoms with van der Waals surface area (Å²) in [5, 5.41) is 11.6. The van der Waals surface area contributed by atoms with Crippen molar-refractivity contribution in [3.8, 4) is 0 Å². The first kappa shape index (κ1) is 14.1. The molecular weight excluding hydrogens is 266 g/mol. The van der Waals surface area contributed by atoms with Crippen LogP contribution in [0.25, 0.3) is 0 Å². The molecule has 1 saturated heterocycles. The highest BCUT2D eigenvalue weighted by Gasteiger charge is 2.33. The molecule has 1 aliphatic rings. The number of nitro benzene ring substituents is 1. The van der Waals surface area contributed by atoms with Gasteiger partial charge in [-0.2, -0.15) is 0 Å². The van der Waals surface area contributed by atoms with Crippen LogP contribution < -0.4 is 10.6 Å². The molecule has 19 heavy (non-hydrogen) atoms. The molecular formula is C13H18ClN3O2. The number of benzene rings is 1. The van der Waals surface area contributed by atoms with Crippen molar-refractivity contribution >= 4 is 23.0 Å². The number of nitro groups is 1. The van der Waals surface area contributed by atoms with E-state index in [9.17, 15) is 10.1 Å². The van der Waals surface area contributed by atoms with Crippen LogP contribution in [0.5, 0.6) is 0 Å². The molecule has 5 nitrogen and oxygen atoms in total. The molecule has 2 rings (SSSR count). The van der Waals surface area contributed by atoms with Gasteiger partial charge in [0.05, 0.1) is 9.95 Å². The minimum absolute atomic E-state index is 0.0553. The number of nitrogens with two attached hydrogens (primary N) is 1. The number of halogens is 1. The van der Waals surface area contributed by atoms with Crippen LogP contribution in [0.15, 0.2) is 18.2 Å². The van der Waals surface area contributed by atoms with E-state index in [0.717, 1.165) is 19.3 Å². The molecule has 6 heteroatoms. The molecule has 1 aliphatic heterocycles. The first-order valence-corrected chi connectivity index (χ1v) is 6.85. The fraction of sp³-hybridized carbons (Fsp3) is 0.538. The van der Waals surface area contributed by atoms with Crippen molar-refractivity contribution < 1.29 is 4.92 Å². The van der Waals surface area contributed by atoms with E-state index >= 15 is 0 Å². The molecule has 0 aliphatic carbocycles. The van der Waals surface area contributed by atoms with Gasteiger partial charge in [0.25, 0.3) is 5.69 Å². The van der Waals surface area contributed by atoms with Crippen molar-refractivity contribution in [2.75, 3.05) is 11.4 Å². The third-order valence-electron chi connectivity index (χ3n) is 3.72. The highest BCUT2D eigenvalue weighted by Crippen LogP contribution is 2.40. The molecule has 0 amide bonds. The average molecular weight is 284 g/mol. The fourth-order valence-corrected chi connectivity index (χ4v) is 3.10. The number of nitrogens with zero attached hydrogens (tertiary/aromatic N) is 2. The predicted octanol–water partition coefficient (Wildman–Crippen LogP) is 2.95. The van der Waals surface area contributed by atoms with Gasteiger partial charge in [-0.1, -0.05) is 17.7 Å². The molecule has 2 N–H and O–H groups in total. The second-order valence-corrected chi connectivity index (χ2v) is 5.35. The van der Waals surface area contributed by atoms with Crippen molar-refractivity contribution in [2.24, 2.45) is 5.73 Å². The lowest BCUT2D eigenvalue weighted by Gasteiger charge is -2.42. The van der Waals surface area contributed by atoms with Crippen LogP contribution in [0.1, 0.15) is 26.2 Å². The first-order chi connectivity index (χ1) is 9.06. The van der Waals surface area contributed by atoms with Crippen molar-refractivity contribution in [3.05, 3.63) is 33.3 Å². The lowest BCUT2D eigenvalue weighted by Crippen LogP contribution is -2.49. The summed E-state index contributed by atoms with van der Waals surface area (Å²) in [7, 11) is 0. The Morgan fingerprint density at radius 2 is 2.26 bits per heavy atom. The summed E-state index contributed by atoms with van der Waals surface area (Å²) >= 11 is 6.21. The molecule has 1 fully saturated rings. The molecule has 2 atom stereocenters. The maximum atomic E-state index is 11.2. The van der Waals surface area contributed by atoms with Crippen molar-refractivity contribution in [2.45, 2.75) is 38.3 Å². The zero-order chi connectivity index (χ0) is 14.0. The largest absolute Gasteiger partial charge is 0.358 e. The number of piperidine rings is 1. The molecule has 1 aromatic carbocycles. The zero-order valence-corrected chi connectivity index (χ0v) is 11.6. The SMILES string of the molecule is CC1CCCC(CN)N1c1c(Cl)cccc1[N+](=O)[O-]. The van der Waals surface area contributed by atoms with Gasteiger partial charge in [-0.3, -0.25) is 10.1 Å². The normalized spacial score (nSPS) is 23.4. The van der Waals surface area contributed by atoms with Crippen LogP contribution in [0.2, 0.25) is 5.02 Å².